The van der Waals surface area contributed by atoms with Gasteiger partial charge in [-0.1, -0.05) is 6.07 Å². The fraction of sp³-hybridized carbons (Fsp3) is 0.500. The Kier molecular flexibility index (Phi) is 11.4. The SMILES string of the molecule is Cl.NC(CCN(CCCCc1ccc2c(n1)NCCC2)CCOc1ccc(F)cc1)C(=O)O. The van der Waals surface area contributed by atoms with E-state index in [1.807, 2.05) is 0 Å². The Balaban J connectivity index is 0.00000385. The quantitative estimate of drug-likeness (QED) is 0.377. The van der Waals surface area contributed by atoms with Crippen molar-refractivity contribution in [3.8, 4) is 5.75 Å². The van der Waals surface area contributed by atoms with Gasteiger partial charge in [0.15, 0.2) is 0 Å². The summed E-state index contributed by atoms with van der Waals surface area (Å²) in [6.07, 6.45) is 5.48. The van der Waals surface area contributed by atoms with E-state index in [1.165, 1.54) is 17.7 Å². The number of ether oxygens (including phenoxy) is 1. The average molecular weight is 481 g/mol. The highest BCUT2D eigenvalue weighted by atomic mass is 35.5. The molecule has 0 saturated carbocycles. The number of nitrogens with two attached hydrogens (primary N) is 1. The molecule has 1 aromatic heterocycles. The molecule has 3 rings (SSSR count). The van der Waals surface area contributed by atoms with Gasteiger partial charge in [0.1, 0.15) is 30.0 Å². The maximum Gasteiger partial charge on any atom is 0.320 e. The monoisotopic (exact) mass is 480 g/mol. The van der Waals surface area contributed by atoms with Crippen LogP contribution in [0.25, 0.3) is 0 Å². The van der Waals surface area contributed by atoms with E-state index in [0.717, 1.165) is 56.7 Å². The van der Waals surface area contributed by atoms with E-state index < -0.39 is 12.0 Å². The molecule has 2 aromatic rings. The maximum atomic E-state index is 13.0. The van der Waals surface area contributed by atoms with E-state index in [2.05, 4.69) is 22.3 Å². The molecule has 0 bridgehead atoms. The number of carboxylic acids is 1. The number of carbonyl (C=O) groups is 1. The Hall–Kier alpha value is -2.42. The molecule has 182 valence electrons. The van der Waals surface area contributed by atoms with Crippen LogP contribution in [0.4, 0.5) is 10.2 Å². The molecule has 33 heavy (non-hydrogen) atoms. The number of nitrogens with zero attached hydrogens (tertiary/aromatic N) is 2. The third kappa shape index (κ3) is 9.15. The summed E-state index contributed by atoms with van der Waals surface area (Å²) in [5.74, 6) is 0.349. The van der Waals surface area contributed by atoms with Crippen LogP contribution in [0, 0.1) is 5.82 Å². The van der Waals surface area contributed by atoms with Crippen LogP contribution in [-0.2, 0) is 17.6 Å². The standard InChI is InChI=1S/C24H33FN4O3.ClH/c25-19-7-10-21(11-8-19)32-17-16-29(15-12-22(26)24(30)31)14-2-1-5-20-9-6-18-4-3-13-27-23(18)28-20;/h6-11,22H,1-5,12-17,26H2,(H,27,28)(H,30,31);1H. The van der Waals surface area contributed by atoms with E-state index in [1.54, 1.807) is 12.1 Å². The number of rotatable bonds is 13. The fourth-order valence-electron chi connectivity index (χ4n) is 3.75. The van der Waals surface area contributed by atoms with Gasteiger partial charge in [0.05, 0.1) is 0 Å². The van der Waals surface area contributed by atoms with Crippen molar-refractivity contribution in [3.63, 3.8) is 0 Å². The lowest BCUT2D eigenvalue weighted by atomic mass is 10.1. The van der Waals surface area contributed by atoms with Gasteiger partial charge >= 0.3 is 5.97 Å². The van der Waals surface area contributed by atoms with Crippen LogP contribution in [0.1, 0.15) is 36.9 Å². The number of hydrogen-bond donors (Lipinski definition) is 3. The molecule has 0 spiro atoms. The van der Waals surface area contributed by atoms with Gasteiger partial charge in [0.2, 0.25) is 0 Å². The molecule has 1 aromatic carbocycles. The molecule has 0 amide bonds. The number of aromatic nitrogens is 1. The summed E-state index contributed by atoms with van der Waals surface area (Å²) in [7, 11) is 0. The summed E-state index contributed by atoms with van der Waals surface area (Å²) in [5.41, 5.74) is 8.07. The number of fused-ring (bicyclic) bond motifs is 1. The molecular formula is C24H34ClFN4O3. The largest absolute Gasteiger partial charge is 0.492 e. The third-order valence-corrected chi connectivity index (χ3v) is 5.67. The predicted octanol–water partition coefficient (Wildman–Crippen LogP) is 3.51. The first-order valence-corrected chi connectivity index (χ1v) is 11.3. The Labute approximate surface area is 200 Å². The highest BCUT2D eigenvalue weighted by Crippen LogP contribution is 2.20. The van der Waals surface area contributed by atoms with E-state index in [4.69, 9.17) is 20.6 Å². The highest BCUT2D eigenvalue weighted by molar-refractivity contribution is 5.85. The molecule has 0 aliphatic carbocycles. The third-order valence-electron chi connectivity index (χ3n) is 5.67. The fourth-order valence-corrected chi connectivity index (χ4v) is 3.75. The Bertz CT molecular complexity index is 869. The first-order chi connectivity index (χ1) is 15.5. The first kappa shape index (κ1) is 26.8. The van der Waals surface area contributed by atoms with E-state index in [9.17, 15) is 9.18 Å². The van der Waals surface area contributed by atoms with E-state index in [0.29, 0.717) is 31.9 Å². The molecule has 0 saturated heterocycles. The van der Waals surface area contributed by atoms with Gasteiger partial charge in [0, 0.05) is 25.3 Å². The number of unbranched alkanes of at least 4 members (excludes halogenated alkanes) is 1. The van der Waals surface area contributed by atoms with Crippen LogP contribution < -0.4 is 15.8 Å². The first-order valence-electron chi connectivity index (χ1n) is 11.3. The Morgan fingerprint density at radius 3 is 2.73 bits per heavy atom. The second-order valence-corrected chi connectivity index (χ2v) is 8.18. The zero-order chi connectivity index (χ0) is 22.8. The average Bonchev–Trinajstić information content (AvgIpc) is 2.80. The number of hydrogen-bond acceptors (Lipinski definition) is 6. The van der Waals surface area contributed by atoms with Crippen molar-refractivity contribution in [2.45, 2.75) is 44.6 Å². The number of carboxylic acid groups (broad SMARTS) is 1. The zero-order valence-corrected chi connectivity index (χ0v) is 19.7. The molecule has 4 N–H and O–H groups in total. The second-order valence-electron chi connectivity index (χ2n) is 8.18. The smallest absolute Gasteiger partial charge is 0.320 e. The molecule has 1 atom stereocenters. The highest BCUT2D eigenvalue weighted by Gasteiger charge is 2.14. The van der Waals surface area contributed by atoms with Crippen LogP contribution in [0.15, 0.2) is 36.4 Å². The number of nitrogens with one attached hydrogen (secondary N) is 1. The van der Waals surface area contributed by atoms with Crippen LogP contribution in [0.2, 0.25) is 0 Å². The van der Waals surface area contributed by atoms with E-state index >= 15 is 0 Å². The van der Waals surface area contributed by atoms with Crippen molar-refractivity contribution in [1.29, 1.82) is 0 Å². The number of pyridine rings is 1. The maximum absolute atomic E-state index is 13.0. The van der Waals surface area contributed by atoms with Crippen molar-refractivity contribution in [3.05, 3.63) is 53.5 Å². The molecule has 1 unspecified atom stereocenters. The minimum absolute atomic E-state index is 0. The Morgan fingerprint density at radius 2 is 1.97 bits per heavy atom. The zero-order valence-electron chi connectivity index (χ0n) is 18.8. The summed E-state index contributed by atoms with van der Waals surface area (Å²) in [6.45, 7) is 3.47. The van der Waals surface area contributed by atoms with Crippen molar-refractivity contribution < 1.29 is 19.0 Å². The van der Waals surface area contributed by atoms with Crippen molar-refractivity contribution in [1.82, 2.24) is 9.88 Å². The predicted molar refractivity (Wildman–Crippen MR) is 130 cm³/mol. The minimum Gasteiger partial charge on any atom is -0.492 e. The number of halogens is 2. The van der Waals surface area contributed by atoms with Gasteiger partial charge in [-0.15, -0.1) is 12.4 Å². The van der Waals surface area contributed by atoms with Crippen LogP contribution >= 0.6 is 12.4 Å². The number of aryl methyl sites for hydroxylation is 2. The summed E-state index contributed by atoms with van der Waals surface area (Å²) >= 11 is 0. The van der Waals surface area contributed by atoms with Crippen molar-refractivity contribution in [2.75, 3.05) is 38.1 Å². The number of aliphatic carboxylic acids is 1. The van der Waals surface area contributed by atoms with E-state index in [-0.39, 0.29) is 18.2 Å². The lowest BCUT2D eigenvalue weighted by molar-refractivity contribution is -0.138. The molecule has 1 aliphatic heterocycles. The van der Waals surface area contributed by atoms with Crippen LogP contribution in [0.5, 0.6) is 5.75 Å². The van der Waals surface area contributed by atoms with Gasteiger partial charge in [-0.25, -0.2) is 9.37 Å². The second kappa shape index (κ2) is 14.0. The van der Waals surface area contributed by atoms with Gasteiger partial charge in [-0.05, 0) is 81.0 Å². The normalized spacial score (nSPS) is 13.5. The molecule has 7 nitrogen and oxygen atoms in total. The number of anilines is 1. The summed E-state index contributed by atoms with van der Waals surface area (Å²) in [4.78, 5) is 18.0. The molecule has 1 aliphatic rings. The van der Waals surface area contributed by atoms with Gasteiger partial charge < -0.3 is 20.9 Å². The van der Waals surface area contributed by atoms with Crippen molar-refractivity contribution in [2.24, 2.45) is 5.73 Å². The van der Waals surface area contributed by atoms with Crippen molar-refractivity contribution >= 4 is 24.2 Å². The molecule has 0 radical (unpaired) electrons. The lowest BCUT2D eigenvalue weighted by Gasteiger charge is -2.23. The topological polar surface area (TPSA) is 101 Å². The van der Waals surface area contributed by atoms with Gasteiger partial charge in [-0.2, -0.15) is 0 Å². The summed E-state index contributed by atoms with van der Waals surface area (Å²) in [5, 5.41) is 12.4. The van der Waals surface area contributed by atoms with Gasteiger partial charge in [-0.3, -0.25) is 9.69 Å². The molecule has 0 fully saturated rings. The van der Waals surface area contributed by atoms with Crippen LogP contribution in [-0.4, -0.2) is 59.8 Å². The lowest BCUT2D eigenvalue weighted by Crippen LogP contribution is -2.37. The summed E-state index contributed by atoms with van der Waals surface area (Å²) < 4.78 is 18.7. The minimum atomic E-state index is -0.986. The Morgan fingerprint density at radius 1 is 1.18 bits per heavy atom. The molecule has 9 heteroatoms. The molecular weight excluding hydrogens is 447 g/mol. The number of benzene rings is 1. The molecule has 2 heterocycles. The van der Waals surface area contributed by atoms with Crippen LogP contribution in [0.3, 0.4) is 0 Å². The summed E-state index contributed by atoms with van der Waals surface area (Å²) in [6, 6.07) is 9.35. The van der Waals surface area contributed by atoms with Gasteiger partial charge in [0.25, 0.3) is 0 Å².